The number of halogens is 1. The number of amides is 2. The van der Waals surface area contributed by atoms with Crippen LogP contribution in [0.2, 0.25) is 0 Å². The van der Waals surface area contributed by atoms with E-state index in [1.165, 1.54) is 24.6 Å². The molecule has 4 rings (SSSR count). The van der Waals surface area contributed by atoms with Gasteiger partial charge in [-0.15, -0.1) is 0 Å². The molecule has 0 saturated carbocycles. The monoisotopic (exact) mass is 431 g/mol. The summed E-state index contributed by atoms with van der Waals surface area (Å²) in [6, 6.07) is 20.6. The second-order valence-electron chi connectivity index (χ2n) is 7.91. The highest BCUT2D eigenvalue weighted by atomic mass is 19.1. The van der Waals surface area contributed by atoms with Crippen molar-refractivity contribution in [1.82, 2.24) is 5.32 Å². The van der Waals surface area contributed by atoms with Gasteiger partial charge >= 0.3 is 0 Å². The fourth-order valence-electron chi connectivity index (χ4n) is 3.91. The molecule has 0 bridgehead atoms. The van der Waals surface area contributed by atoms with Crippen molar-refractivity contribution >= 4 is 23.2 Å². The third-order valence-corrected chi connectivity index (χ3v) is 5.58. The summed E-state index contributed by atoms with van der Waals surface area (Å²) in [7, 11) is 0. The molecule has 6 heteroatoms. The zero-order valence-corrected chi connectivity index (χ0v) is 17.8. The molecular formula is C26H26FN3O2. The van der Waals surface area contributed by atoms with Crippen molar-refractivity contribution in [2.75, 3.05) is 23.3 Å². The van der Waals surface area contributed by atoms with Crippen LogP contribution in [0.3, 0.4) is 0 Å². The second-order valence-corrected chi connectivity index (χ2v) is 7.91. The van der Waals surface area contributed by atoms with Gasteiger partial charge in [-0.3, -0.25) is 9.59 Å². The van der Waals surface area contributed by atoms with E-state index in [1.54, 1.807) is 18.2 Å². The molecule has 1 heterocycles. The van der Waals surface area contributed by atoms with Crippen LogP contribution in [0.5, 0.6) is 0 Å². The van der Waals surface area contributed by atoms with Crippen LogP contribution >= 0.6 is 0 Å². The van der Waals surface area contributed by atoms with Crippen LogP contribution in [0.4, 0.5) is 15.8 Å². The summed E-state index contributed by atoms with van der Waals surface area (Å²) in [6.07, 6.45) is 3.36. The normalized spacial score (nSPS) is 13.5. The largest absolute Gasteiger partial charge is 0.371 e. The van der Waals surface area contributed by atoms with Crippen molar-refractivity contribution in [3.05, 3.63) is 95.3 Å². The van der Waals surface area contributed by atoms with E-state index in [1.807, 2.05) is 36.4 Å². The Balaban J connectivity index is 1.57. The molecule has 1 saturated heterocycles. The van der Waals surface area contributed by atoms with Crippen LogP contribution < -0.4 is 15.5 Å². The van der Waals surface area contributed by atoms with Crippen molar-refractivity contribution in [2.45, 2.75) is 25.8 Å². The topological polar surface area (TPSA) is 61.4 Å². The minimum atomic E-state index is -0.473. The maximum Gasteiger partial charge on any atom is 0.255 e. The Kier molecular flexibility index (Phi) is 6.80. The third kappa shape index (κ3) is 5.32. The number of carbonyl (C=O) groups is 2. The van der Waals surface area contributed by atoms with Crippen molar-refractivity contribution < 1.29 is 14.0 Å². The Labute approximate surface area is 187 Å². The van der Waals surface area contributed by atoms with E-state index in [2.05, 4.69) is 15.5 Å². The molecule has 0 atom stereocenters. The molecule has 0 radical (unpaired) electrons. The highest BCUT2D eigenvalue weighted by Gasteiger charge is 2.20. The molecule has 2 N–H and O–H groups in total. The van der Waals surface area contributed by atoms with Gasteiger partial charge in [0.05, 0.1) is 5.56 Å². The molecule has 0 unspecified atom stereocenters. The first kappa shape index (κ1) is 21.6. The van der Waals surface area contributed by atoms with Gasteiger partial charge in [0.25, 0.3) is 11.8 Å². The number of piperidine rings is 1. The minimum absolute atomic E-state index is 0.198. The highest BCUT2D eigenvalue weighted by Crippen LogP contribution is 2.27. The first-order valence-electron chi connectivity index (χ1n) is 10.9. The lowest BCUT2D eigenvalue weighted by Gasteiger charge is -2.30. The van der Waals surface area contributed by atoms with Gasteiger partial charge in [0, 0.05) is 36.6 Å². The number of rotatable bonds is 6. The van der Waals surface area contributed by atoms with Crippen molar-refractivity contribution in [3.8, 4) is 0 Å². The van der Waals surface area contributed by atoms with Crippen molar-refractivity contribution in [2.24, 2.45) is 0 Å². The van der Waals surface area contributed by atoms with Gasteiger partial charge in [0.15, 0.2) is 0 Å². The second kappa shape index (κ2) is 10.1. The predicted molar refractivity (Wildman–Crippen MR) is 124 cm³/mol. The zero-order valence-electron chi connectivity index (χ0n) is 17.8. The molecule has 164 valence electrons. The number of nitrogens with zero attached hydrogens (tertiary/aromatic N) is 1. The lowest BCUT2D eigenvalue weighted by Crippen LogP contribution is -2.32. The summed E-state index contributed by atoms with van der Waals surface area (Å²) in [4.78, 5) is 27.9. The molecule has 0 spiro atoms. The number of anilines is 2. The van der Waals surface area contributed by atoms with Gasteiger partial charge < -0.3 is 15.5 Å². The Morgan fingerprint density at radius 2 is 1.62 bits per heavy atom. The van der Waals surface area contributed by atoms with E-state index in [-0.39, 0.29) is 11.5 Å². The Bertz CT molecular complexity index is 1100. The van der Waals surface area contributed by atoms with Crippen LogP contribution in [0.1, 0.15) is 45.5 Å². The fraction of sp³-hybridized carbons (Fsp3) is 0.231. The molecule has 1 aliphatic rings. The number of carbonyl (C=O) groups excluding carboxylic acids is 2. The Hall–Kier alpha value is -3.67. The van der Waals surface area contributed by atoms with Gasteiger partial charge in [-0.2, -0.15) is 0 Å². The summed E-state index contributed by atoms with van der Waals surface area (Å²) in [6.45, 7) is 2.21. The van der Waals surface area contributed by atoms with Crippen LogP contribution in [0.15, 0.2) is 72.8 Å². The number of nitrogens with one attached hydrogen (secondary N) is 2. The summed E-state index contributed by atoms with van der Waals surface area (Å²) >= 11 is 0. The molecule has 1 aliphatic heterocycles. The first-order valence-corrected chi connectivity index (χ1v) is 10.9. The Morgan fingerprint density at radius 1 is 0.844 bits per heavy atom. The summed E-state index contributed by atoms with van der Waals surface area (Å²) in [5.41, 5.74) is 3.10. The van der Waals surface area contributed by atoms with E-state index < -0.39 is 11.7 Å². The predicted octanol–water partition coefficient (Wildman–Crippen LogP) is 5.00. The SMILES string of the molecule is O=C(Nc1ccc(N2CCCCC2)c(C(=O)NCc2ccccc2)c1)c1cccc(F)c1. The summed E-state index contributed by atoms with van der Waals surface area (Å²) < 4.78 is 13.5. The first-order chi connectivity index (χ1) is 15.6. The molecule has 0 aliphatic carbocycles. The lowest BCUT2D eigenvalue weighted by atomic mass is 10.1. The van der Waals surface area contributed by atoms with Gasteiger partial charge in [-0.05, 0) is 61.2 Å². The quantitative estimate of drug-likeness (QED) is 0.578. The molecule has 2 amide bonds. The minimum Gasteiger partial charge on any atom is -0.371 e. The van der Waals surface area contributed by atoms with Crippen LogP contribution in [0.25, 0.3) is 0 Å². The zero-order chi connectivity index (χ0) is 22.3. The summed E-state index contributed by atoms with van der Waals surface area (Å²) in [5, 5.41) is 5.77. The fourth-order valence-corrected chi connectivity index (χ4v) is 3.91. The molecule has 3 aromatic rings. The molecule has 5 nitrogen and oxygen atoms in total. The summed E-state index contributed by atoms with van der Waals surface area (Å²) in [5.74, 6) is -1.10. The molecular weight excluding hydrogens is 405 g/mol. The van der Waals surface area contributed by atoms with Gasteiger partial charge in [-0.25, -0.2) is 4.39 Å². The van der Waals surface area contributed by atoms with Gasteiger partial charge in [0.1, 0.15) is 5.82 Å². The smallest absolute Gasteiger partial charge is 0.255 e. The maximum atomic E-state index is 13.5. The number of hydrogen-bond acceptors (Lipinski definition) is 3. The van der Waals surface area contributed by atoms with E-state index in [4.69, 9.17) is 0 Å². The molecule has 3 aromatic carbocycles. The number of hydrogen-bond donors (Lipinski definition) is 2. The van der Waals surface area contributed by atoms with Gasteiger partial charge in [-0.1, -0.05) is 36.4 Å². The van der Waals surface area contributed by atoms with Gasteiger partial charge in [0.2, 0.25) is 0 Å². The van der Waals surface area contributed by atoms with Crippen molar-refractivity contribution in [1.29, 1.82) is 0 Å². The lowest BCUT2D eigenvalue weighted by molar-refractivity contribution is 0.0950. The van der Waals surface area contributed by atoms with E-state index >= 15 is 0 Å². The molecule has 1 fully saturated rings. The molecule has 32 heavy (non-hydrogen) atoms. The van der Waals surface area contributed by atoms with Crippen LogP contribution in [-0.2, 0) is 6.54 Å². The van der Waals surface area contributed by atoms with E-state index in [0.29, 0.717) is 17.8 Å². The average molecular weight is 432 g/mol. The third-order valence-electron chi connectivity index (χ3n) is 5.58. The van der Waals surface area contributed by atoms with Crippen LogP contribution in [0, 0.1) is 5.82 Å². The van der Waals surface area contributed by atoms with E-state index in [9.17, 15) is 14.0 Å². The standard InChI is InChI=1S/C26H26FN3O2/c27-21-11-7-10-20(16-21)25(31)29-22-12-13-24(30-14-5-2-6-15-30)23(17-22)26(32)28-18-19-8-3-1-4-9-19/h1,3-4,7-13,16-17H,2,5-6,14-15,18H2,(H,28,32)(H,29,31). The highest BCUT2D eigenvalue weighted by molar-refractivity contribution is 6.06. The molecule has 0 aromatic heterocycles. The maximum absolute atomic E-state index is 13.5. The van der Waals surface area contributed by atoms with E-state index in [0.717, 1.165) is 37.2 Å². The van der Waals surface area contributed by atoms with Crippen LogP contribution in [-0.4, -0.2) is 24.9 Å². The Morgan fingerprint density at radius 3 is 2.38 bits per heavy atom. The number of benzene rings is 3. The average Bonchev–Trinajstić information content (AvgIpc) is 2.83. The van der Waals surface area contributed by atoms with Crippen molar-refractivity contribution in [3.63, 3.8) is 0 Å².